The van der Waals surface area contributed by atoms with Gasteiger partial charge in [-0.25, -0.2) is 4.99 Å². The molecule has 1 amide bonds. The first-order valence-corrected chi connectivity index (χ1v) is 4.71. The Morgan fingerprint density at radius 1 is 1.50 bits per heavy atom. The molecule has 0 saturated carbocycles. The predicted octanol–water partition coefficient (Wildman–Crippen LogP) is -0.0533. The summed E-state index contributed by atoms with van der Waals surface area (Å²) in [5, 5.41) is 0. The Kier molecular flexibility index (Phi) is 2.40. The van der Waals surface area contributed by atoms with Gasteiger partial charge < -0.3 is 21.1 Å². The molecule has 6 nitrogen and oxygen atoms in total. The van der Waals surface area contributed by atoms with Gasteiger partial charge in [0.15, 0.2) is 12.6 Å². The smallest absolute Gasteiger partial charge is 0.264 e. The first-order chi connectivity index (χ1) is 7.58. The number of hydrogen-bond donors (Lipinski definition) is 2. The number of aliphatic imine (C=N–C) groups is 1. The lowest BCUT2D eigenvalue weighted by molar-refractivity contribution is -0.120. The van der Waals surface area contributed by atoms with Gasteiger partial charge in [-0.05, 0) is 18.2 Å². The van der Waals surface area contributed by atoms with Crippen molar-refractivity contribution in [3.8, 4) is 5.75 Å². The topological polar surface area (TPSA) is 93.9 Å². The SMILES string of the molecule is CN1C(=O)COc2ccc(N=C(N)N)cc21. The van der Waals surface area contributed by atoms with Crippen LogP contribution in [0.3, 0.4) is 0 Å². The molecular weight excluding hydrogens is 208 g/mol. The molecule has 0 radical (unpaired) electrons. The van der Waals surface area contributed by atoms with Crippen LogP contribution in [0.5, 0.6) is 5.75 Å². The van der Waals surface area contributed by atoms with Crippen LogP contribution in [-0.2, 0) is 4.79 Å². The Labute approximate surface area is 92.5 Å². The van der Waals surface area contributed by atoms with Crippen molar-refractivity contribution in [3.63, 3.8) is 0 Å². The van der Waals surface area contributed by atoms with Crippen LogP contribution < -0.4 is 21.1 Å². The van der Waals surface area contributed by atoms with Crippen molar-refractivity contribution >= 4 is 23.2 Å². The standard InChI is InChI=1S/C10H12N4O2/c1-14-7-4-6(13-10(11)12)2-3-8(7)16-5-9(14)15/h2-4H,5H2,1H3,(H4,11,12,13). The lowest BCUT2D eigenvalue weighted by atomic mass is 10.2. The zero-order valence-electron chi connectivity index (χ0n) is 8.80. The monoisotopic (exact) mass is 220 g/mol. The van der Waals surface area contributed by atoms with E-state index in [1.54, 1.807) is 25.2 Å². The molecule has 16 heavy (non-hydrogen) atoms. The fourth-order valence-electron chi connectivity index (χ4n) is 1.48. The molecule has 1 heterocycles. The Morgan fingerprint density at radius 3 is 2.94 bits per heavy atom. The van der Waals surface area contributed by atoms with Crippen LogP contribution >= 0.6 is 0 Å². The fraction of sp³-hybridized carbons (Fsp3) is 0.200. The van der Waals surface area contributed by atoms with E-state index in [4.69, 9.17) is 16.2 Å². The van der Waals surface area contributed by atoms with Gasteiger partial charge >= 0.3 is 0 Å². The summed E-state index contributed by atoms with van der Waals surface area (Å²) >= 11 is 0. The summed E-state index contributed by atoms with van der Waals surface area (Å²) in [6, 6.07) is 5.16. The molecule has 4 N–H and O–H groups in total. The molecule has 0 atom stereocenters. The van der Waals surface area contributed by atoms with Gasteiger partial charge in [0.1, 0.15) is 5.75 Å². The lowest BCUT2D eigenvalue weighted by Crippen LogP contribution is -2.35. The van der Waals surface area contributed by atoms with Crippen molar-refractivity contribution in [2.24, 2.45) is 16.5 Å². The van der Waals surface area contributed by atoms with Crippen molar-refractivity contribution in [2.75, 3.05) is 18.6 Å². The molecule has 1 aromatic rings. The van der Waals surface area contributed by atoms with Crippen molar-refractivity contribution < 1.29 is 9.53 Å². The van der Waals surface area contributed by atoms with E-state index in [1.807, 2.05) is 0 Å². The molecule has 0 aliphatic carbocycles. The highest BCUT2D eigenvalue weighted by atomic mass is 16.5. The first kappa shape index (κ1) is 10.3. The molecule has 2 rings (SSSR count). The molecule has 0 unspecified atom stereocenters. The first-order valence-electron chi connectivity index (χ1n) is 4.71. The molecule has 0 fully saturated rings. The molecular formula is C10H12N4O2. The van der Waals surface area contributed by atoms with E-state index in [0.29, 0.717) is 17.1 Å². The minimum atomic E-state index is -0.102. The summed E-state index contributed by atoms with van der Waals surface area (Å²) in [7, 11) is 1.68. The van der Waals surface area contributed by atoms with E-state index in [2.05, 4.69) is 4.99 Å². The van der Waals surface area contributed by atoms with E-state index < -0.39 is 0 Å². The largest absolute Gasteiger partial charge is 0.482 e. The van der Waals surface area contributed by atoms with Crippen molar-refractivity contribution in [1.29, 1.82) is 0 Å². The molecule has 0 aromatic heterocycles. The maximum atomic E-state index is 11.4. The number of guanidine groups is 1. The minimum absolute atomic E-state index is 0.0225. The molecule has 84 valence electrons. The number of likely N-dealkylation sites (N-methyl/N-ethyl adjacent to an activating group) is 1. The number of hydrogen-bond acceptors (Lipinski definition) is 3. The van der Waals surface area contributed by atoms with Gasteiger partial charge in [0.25, 0.3) is 5.91 Å². The summed E-state index contributed by atoms with van der Waals surface area (Å²) in [5.74, 6) is 0.525. The van der Waals surface area contributed by atoms with E-state index >= 15 is 0 Å². The number of amides is 1. The highest BCUT2D eigenvalue weighted by Gasteiger charge is 2.22. The highest BCUT2D eigenvalue weighted by Crippen LogP contribution is 2.34. The molecule has 0 saturated heterocycles. The van der Waals surface area contributed by atoms with Crippen molar-refractivity contribution in [2.45, 2.75) is 0 Å². The van der Waals surface area contributed by atoms with Crippen LogP contribution in [0.1, 0.15) is 0 Å². The van der Waals surface area contributed by atoms with Crippen LogP contribution in [-0.4, -0.2) is 25.5 Å². The van der Waals surface area contributed by atoms with E-state index in [1.165, 1.54) is 4.90 Å². The molecule has 1 aliphatic heterocycles. The fourth-order valence-corrected chi connectivity index (χ4v) is 1.48. The number of benzene rings is 1. The summed E-state index contributed by atoms with van der Waals surface area (Å²) in [4.78, 5) is 16.8. The Balaban J connectivity index is 2.44. The van der Waals surface area contributed by atoms with Gasteiger partial charge in [-0.15, -0.1) is 0 Å². The summed E-state index contributed by atoms with van der Waals surface area (Å²) in [6.45, 7) is 0.0607. The molecule has 0 bridgehead atoms. The lowest BCUT2D eigenvalue weighted by Gasteiger charge is -2.25. The Hall–Kier alpha value is -2.24. The molecule has 1 aromatic carbocycles. The number of fused-ring (bicyclic) bond motifs is 1. The number of carbonyl (C=O) groups excluding carboxylic acids is 1. The average molecular weight is 220 g/mol. The molecule has 1 aliphatic rings. The zero-order valence-corrected chi connectivity index (χ0v) is 8.80. The third-order valence-corrected chi connectivity index (χ3v) is 2.29. The molecule has 6 heteroatoms. The van der Waals surface area contributed by atoms with Crippen LogP contribution in [0.4, 0.5) is 11.4 Å². The van der Waals surface area contributed by atoms with Crippen molar-refractivity contribution in [3.05, 3.63) is 18.2 Å². The van der Waals surface area contributed by atoms with Gasteiger partial charge in [0, 0.05) is 7.05 Å². The summed E-state index contributed by atoms with van der Waals surface area (Å²) < 4.78 is 5.26. The van der Waals surface area contributed by atoms with Gasteiger partial charge in [-0.1, -0.05) is 0 Å². The van der Waals surface area contributed by atoms with Gasteiger partial charge in [0.05, 0.1) is 11.4 Å². The normalized spacial score (nSPS) is 14.1. The molecule has 0 spiro atoms. The number of nitrogens with two attached hydrogens (primary N) is 2. The van der Waals surface area contributed by atoms with E-state index in [9.17, 15) is 4.79 Å². The number of carbonyl (C=O) groups is 1. The predicted molar refractivity (Wildman–Crippen MR) is 60.8 cm³/mol. The number of ether oxygens (including phenoxy) is 1. The third-order valence-electron chi connectivity index (χ3n) is 2.29. The minimum Gasteiger partial charge on any atom is -0.482 e. The quantitative estimate of drug-likeness (QED) is 0.512. The zero-order chi connectivity index (χ0) is 11.7. The van der Waals surface area contributed by atoms with E-state index in [-0.39, 0.29) is 18.5 Å². The van der Waals surface area contributed by atoms with Crippen molar-refractivity contribution in [1.82, 2.24) is 0 Å². The van der Waals surface area contributed by atoms with Crippen LogP contribution in [0, 0.1) is 0 Å². The third kappa shape index (κ3) is 1.77. The average Bonchev–Trinajstić information content (AvgIpc) is 2.23. The number of anilines is 1. The second kappa shape index (κ2) is 3.73. The van der Waals surface area contributed by atoms with Crippen LogP contribution in [0.2, 0.25) is 0 Å². The summed E-state index contributed by atoms with van der Waals surface area (Å²) in [6.07, 6.45) is 0. The Morgan fingerprint density at radius 2 is 2.25 bits per heavy atom. The number of rotatable bonds is 1. The van der Waals surface area contributed by atoms with Gasteiger partial charge in [0.2, 0.25) is 0 Å². The van der Waals surface area contributed by atoms with Gasteiger partial charge in [-0.2, -0.15) is 0 Å². The number of nitrogens with zero attached hydrogens (tertiary/aromatic N) is 2. The highest BCUT2D eigenvalue weighted by molar-refractivity contribution is 5.98. The van der Waals surface area contributed by atoms with E-state index in [0.717, 1.165) is 0 Å². The maximum absolute atomic E-state index is 11.4. The maximum Gasteiger partial charge on any atom is 0.264 e. The van der Waals surface area contributed by atoms with Gasteiger partial charge in [-0.3, -0.25) is 4.79 Å². The summed E-state index contributed by atoms with van der Waals surface area (Å²) in [5.41, 5.74) is 11.8. The van der Waals surface area contributed by atoms with Crippen LogP contribution in [0.15, 0.2) is 23.2 Å². The second-order valence-electron chi connectivity index (χ2n) is 3.43. The van der Waals surface area contributed by atoms with Crippen LogP contribution in [0.25, 0.3) is 0 Å². The Bertz CT molecular complexity index is 466. The second-order valence-corrected chi connectivity index (χ2v) is 3.43.